The van der Waals surface area contributed by atoms with E-state index >= 15 is 0 Å². The Balaban J connectivity index is 1.78. The Morgan fingerprint density at radius 1 is 1.33 bits per heavy atom. The number of nitrogens with zero attached hydrogens (tertiary/aromatic N) is 2. The lowest BCUT2D eigenvalue weighted by molar-refractivity contribution is -0.135. The number of amides is 4. The second kappa shape index (κ2) is 6.88. The standard InChI is InChI=1S/C16H20N4O4/c1-24-13-5-3-2-4-11(13)12-8-17-6-7-20(12)15(22)10-19-9-14(21)18-16(19)23/h2-5,12,17H,6-10H2,1H3,(H,18,21,23). The first-order valence-corrected chi connectivity index (χ1v) is 7.82. The van der Waals surface area contributed by atoms with Crippen molar-refractivity contribution < 1.29 is 19.1 Å². The van der Waals surface area contributed by atoms with E-state index in [2.05, 4.69) is 10.6 Å². The molecule has 1 atom stereocenters. The van der Waals surface area contributed by atoms with Gasteiger partial charge in [-0.05, 0) is 6.07 Å². The molecule has 2 fully saturated rings. The summed E-state index contributed by atoms with van der Waals surface area (Å²) in [6, 6.07) is 6.88. The van der Waals surface area contributed by atoms with Crippen molar-refractivity contribution in [2.24, 2.45) is 0 Å². The highest BCUT2D eigenvalue weighted by Crippen LogP contribution is 2.30. The van der Waals surface area contributed by atoms with Crippen LogP contribution in [0.15, 0.2) is 24.3 Å². The fourth-order valence-corrected chi connectivity index (χ4v) is 3.09. The molecule has 2 heterocycles. The van der Waals surface area contributed by atoms with E-state index in [9.17, 15) is 14.4 Å². The topological polar surface area (TPSA) is 91.0 Å². The van der Waals surface area contributed by atoms with Crippen LogP contribution in [0.1, 0.15) is 11.6 Å². The predicted molar refractivity (Wildman–Crippen MR) is 85.4 cm³/mol. The molecule has 1 aromatic rings. The average molecular weight is 332 g/mol. The number of piperazine rings is 1. The van der Waals surface area contributed by atoms with Crippen molar-refractivity contribution in [3.8, 4) is 5.75 Å². The maximum atomic E-state index is 12.7. The van der Waals surface area contributed by atoms with Gasteiger partial charge in [0.1, 0.15) is 18.8 Å². The smallest absolute Gasteiger partial charge is 0.325 e. The van der Waals surface area contributed by atoms with Crippen molar-refractivity contribution in [3.05, 3.63) is 29.8 Å². The molecule has 0 radical (unpaired) electrons. The number of rotatable bonds is 4. The van der Waals surface area contributed by atoms with Gasteiger partial charge in [0.25, 0.3) is 0 Å². The van der Waals surface area contributed by atoms with Gasteiger partial charge in [-0.1, -0.05) is 18.2 Å². The fourth-order valence-electron chi connectivity index (χ4n) is 3.09. The van der Waals surface area contributed by atoms with Gasteiger partial charge in [0, 0.05) is 25.2 Å². The Morgan fingerprint density at radius 3 is 2.83 bits per heavy atom. The molecule has 2 aliphatic rings. The number of carbonyl (C=O) groups excluding carboxylic acids is 3. The van der Waals surface area contributed by atoms with Gasteiger partial charge >= 0.3 is 6.03 Å². The number of hydrogen-bond donors (Lipinski definition) is 2. The van der Waals surface area contributed by atoms with Crippen LogP contribution in [0.5, 0.6) is 5.75 Å². The zero-order valence-corrected chi connectivity index (χ0v) is 13.4. The molecule has 1 unspecified atom stereocenters. The molecule has 1 aromatic carbocycles. The second-order valence-electron chi connectivity index (χ2n) is 5.76. The molecule has 4 amide bonds. The number of imide groups is 1. The van der Waals surface area contributed by atoms with Gasteiger partial charge in [-0.25, -0.2) is 4.79 Å². The van der Waals surface area contributed by atoms with Gasteiger partial charge in [-0.3, -0.25) is 14.9 Å². The summed E-state index contributed by atoms with van der Waals surface area (Å²) in [6.07, 6.45) is 0. The van der Waals surface area contributed by atoms with Gasteiger partial charge in [0.2, 0.25) is 11.8 Å². The van der Waals surface area contributed by atoms with E-state index in [1.165, 1.54) is 4.90 Å². The van der Waals surface area contributed by atoms with Gasteiger partial charge in [-0.2, -0.15) is 0 Å². The first kappa shape index (κ1) is 16.3. The third-order valence-corrected chi connectivity index (χ3v) is 4.26. The van der Waals surface area contributed by atoms with Gasteiger partial charge in [0.15, 0.2) is 0 Å². The minimum absolute atomic E-state index is 0.0734. The molecule has 2 aliphatic heterocycles. The predicted octanol–water partition coefficient (Wildman–Crippen LogP) is -0.280. The molecule has 2 N–H and O–H groups in total. The maximum Gasteiger partial charge on any atom is 0.325 e. The lowest BCUT2D eigenvalue weighted by atomic mass is 10.0. The maximum absolute atomic E-state index is 12.7. The summed E-state index contributed by atoms with van der Waals surface area (Å²) in [5, 5.41) is 5.46. The Kier molecular flexibility index (Phi) is 4.66. The summed E-state index contributed by atoms with van der Waals surface area (Å²) in [6.45, 7) is 1.64. The number of methoxy groups -OCH3 is 1. The Morgan fingerprint density at radius 2 is 2.12 bits per heavy atom. The van der Waals surface area contributed by atoms with Crippen LogP contribution in [0.25, 0.3) is 0 Å². The van der Waals surface area contributed by atoms with E-state index in [0.717, 1.165) is 11.3 Å². The monoisotopic (exact) mass is 332 g/mol. The van der Waals surface area contributed by atoms with Crippen LogP contribution < -0.4 is 15.4 Å². The number of benzene rings is 1. The molecule has 8 nitrogen and oxygen atoms in total. The first-order valence-electron chi connectivity index (χ1n) is 7.82. The van der Waals surface area contributed by atoms with E-state index in [0.29, 0.717) is 19.6 Å². The third-order valence-electron chi connectivity index (χ3n) is 4.26. The van der Waals surface area contributed by atoms with Crippen LogP contribution in [-0.2, 0) is 9.59 Å². The Bertz CT molecular complexity index is 663. The number of ether oxygens (including phenoxy) is 1. The van der Waals surface area contributed by atoms with Crippen molar-refractivity contribution in [3.63, 3.8) is 0 Å². The summed E-state index contributed by atoms with van der Waals surface area (Å²) in [5.41, 5.74) is 0.919. The summed E-state index contributed by atoms with van der Waals surface area (Å²) in [5.74, 6) is 0.157. The SMILES string of the molecule is COc1ccccc1C1CNCCN1C(=O)CN1CC(=O)NC1=O. The van der Waals surface area contributed by atoms with Crippen molar-refractivity contribution in [1.82, 2.24) is 20.4 Å². The lowest BCUT2D eigenvalue weighted by Gasteiger charge is -2.37. The number of urea groups is 1. The number of carbonyl (C=O) groups is 3. The minimum atomic E-state index is -0.516. The Hall–Kier alpha value is -2.61. The highest BCUT2D eigenvalue weighted by Gasteiger charge is 2.34. The summed E-state index contributed by atoms with van der Waals surface area (Å²) in [7, 11) is 1.60. The highest BCUT2D eigenvalue weighted by molar-refractivity contribution is 6.03. The zero-order chi connectivity index (χ0) is 17.1. The Labute approximate surface area is 139 Å². The molecule has 8 heteroatoms. The number of para-hydroxylation sites is 1. The molecule has 3 rings (SSSR count). The molecule has 0 bridgehead atoms. The minimum Gasteiger partial charge on any atom is -0.496 e. The van der Waals surface area contributed by atoms with E-state index in [1.54, 1.807) is 12.0 Å². The van der Waals surface area contributed by atoms with Crippen LogP contribution in [0, 0.1) is 0 Å². The molecule has 2 saturated heterocycles. The van der Waals surface area contributed by atoms with Crippen LogP contribution in [0.4, 0.5) is 4.79 Å². The van der Waals surface area contributed by atoms with Gasteiger partial charge < -0.3 is 19.9 Å². The van der Waals surface area contributed by atoms with Crippen LogP contribution in [0.2, 0.25) is 0 Å². The average Bonchev–Trinajstić information content (AvgIpc) is 2.92. The second-order valence-corrected chi connectivity index (χ2v) is 5.76. The summed E-state index contributed by atoms with van der Waals surface area (Å²) in [4.78, 5) is 38.6. The van der Waals surface area contributed by atoms with Crippen molar-refractivity contribution in [2.45, 2.75) is 6.04 Å². The van der Waals surface area contributed by atoms with Crippen molar-refractivity contribution >= 4 is 17.8 Å². The molecule has 128 valence electrons. The largest absolute Gasteiger partial charge is 0.496 e. The molecular weight excluding hydrogens is 312 g/mol. The normalized spacial score (nSPS) is 21.0. The fraction of sp³-hybridized carbons (Fsp3) is 0.438. The zero-order valence-electron chi connectivity index (χ0n) is 13.4. The van der Waals surface area contributed by atoms with Gasteiger partial charge in [0.05, 0.1) is 13.2 Å². The lowest BCUT2D eigenvalue weighted by Crippen LogP contribution is -2.51. The van der Waals surface area contributed by atoms with Crippen molar-refractivity contribution in [2.75, 3.05) is 39.8 Å². The highest BCUT2D eigenvalue weighted by atomic mass is 16.5. The third kappa shape index (κ3) is 3.18. The van der Waals surface area contributed by atoms with E-state index in [1.807, 2.05) is 24.3 Å². The molecule has 0 aromatic heterocycles. The summed E-state index contributed by atoms with van der Waals surface area (Å²) < 4.78 is 5.41. The molecule has 0 aliphatic carbocycles. The number of hydrogen-bond acceptors (Lipinski definition) is 5. The van der Waals surface area contributed by atoms with Crippen LogP contribution in [-0.4, -0.2) is 67.5 Å². The molecule has 24 heavy (non-hydrogen) atoms. The van der Waals surface area contributed by atoms with Crippen LogP contribution in [0.3, 0.4) is 0 Å². The van der Waals surface area contributed by atoms with E-state index in [4.69, 9.17) is 4.74 Å². The van der Waals surface area contributed by atoms with Crippen LogP contribution >= 0.6 is 0 Å². The quantitative estimate of drug-likeness (QED) is 0.740. The van der Waals surface area contributed by atoms with E-state index < -0.39 is 6.03 Å². The first-order chi connectivity index (χ1) is 11.6. The van der Waals surface area contributed by atoms with Crippen molar-refractivity contribution in [1.29, 1.82) is 0 Å². The number of nitrogens with one attached hydrogen (secondary N) is 2. The van der Waals surface area contributed by atoms with E-state index in [-0.39, 0.29) is 30.9 Å². The summed E-state index contributed by atoms with van der Waals surface area (Å²) >= 11 is 0. The molecule has 0 saturated carbocycles. The molecular formula is C16H20N4O4. The molecule has 0 spiro atoms. The van der Waals surface area contributed by atoms with Gasteiger partial charge in [-0.15, -0.1) is 0 Å².